The molecule has 0 spiro atoms. The van der Waals surface area contributed by atoms with Gasteiger partial charge < -0.3 is 10.2 Å². The summed E-state index contributed by atoms with van der Waals surface area (Å²) in [5, 5.41) is 3.39. The van der Waals surface area contributed by atoms with Crippen molar-refractivity contribution in [3.63, 3.8) is 0 Å². The fraction of sp³-hybridized carbons (Fsp3) is 0.650. The lowest BCUT2D eigenvalue weighted by Gasteiger charge is -2.22. The molecule has 0 radical (unpaired) electrons. The average molecular weight is 314 g/mol. The molecule has 0 unspecified atom stereocenters. The van der Waals surface area contributed by atoms with Crippen molar-refractivity contribution in [2.45, 2.75) is 45.4 Å². The zero-order valence-corrected chi connectivity index (χ0v) is 14.4. The number of hydrogen-bond donors (Lipinski definition) is 1. The minimum Gasteiger partial charge on any atom is -0.317 e. The van der Waals surface area contributed by atoms with Crippen LogP contribution in [0.1, 0.15) is 54.1 Å². The molecule has 1 fully saturated rings. The number of Topliss-reactive ketones (excluding diaryl/α,β-unsaturated/α-hetero) is 1. The van der Waals surface area contributed by atoms with Crippen LogP contribution in [0.25, 0.3) is 0 Å². The Bertz CT molecular complexity index is 534. The first kappa shape index (κ1) is 16.7. The third-order valence-electron chi connectivity index (χ3n) is 5.61. The van der Waals surface area contributed by atoms with Crippen molar-refractivity contribution >= 4 is 5.78 Å². The van der Waals surface area contributed by atoms with Crippen molar-refractivity contribution in [3.8, 4) is 0 Å². The summed E-state index contributed by atoms with van der Waals surface area (Å²) in [6.07, 6.45) is 6.42. The highest BCUT2D eigenvalue weighted by atomic mass is 16.1. The molecule has 0 atom stereocenters. The third-order valence-corrected chi connectivity index (χ3v) is 5.61. The molecule has 2 aliphatic rings. The Balaban J connectivity index is 1.60. The number of hydrogen-bond acceptors (Lipinski definition) is 3. The quantitative estimate of drug-likeness (QED) is 0.848. The van der Waals surface area contributed by atoms with E-state index in [1.54, 1.807) is 0 Å². The smallest absolute Gasteiger partial charge is 0.162 e. The van der Waals surface area contributed by atoms with E-state index in [1.165, 1.54) is 24.0 Å². The number of rotatable bonds is 5. The first-order chi connectivity index (χ1) is 11.3. The van der Waals surface area contributed by atoms with Crippen LogP contribution in [0, 0.1) is 5.92 Å². The summed E-state index contributed by atoms with van der Waals surface area (Å²) in [6, 6.07) is 6.44. The van der Waals surface area contributed by atoms with Crippen molar-refractivity contribution in [3.05, 3.63) is 34.9 Å². The zero-order chi connectivity index (χ0) is 16.1. The van der Waals surface area contributed by atoms with Crippen molar-refractivity contribution in [1.82, 2.24) is 10.2 Å². The topological polar surface area (TPSA) is 32.3 Å². The predicted octanol–water partition coefficient (Wildman–Crippen LogP) is 3.07. The summed E-state index contributed by atoms with van der Waals surface area (Å²) in [7, 11) is 0. The van der Waals surface area contributed by atoms with Gasteiger partial charge in [0.2, 0.25) is 0 Å². The number of likely N-dealkylation sites (N-methyl/N-ethyl adjacent to an activating group) is 1. The highest BCUT2D eigenvalue weighted by Gasteiger charge is 2.17. The summed E-state index contributed by atoms with van der Waals surface area (Å²) in [5.41, 5.74) is 3.77. The molecule has 0 bridgehead atoms. The molecule has 1 aromatic rings. The molecule has 0 aliphatic carbocycles. The molecule has 3 nitrogen and oxygen atoms in total. The number of piperidine rings is 1. The summed E-state index contributed by atoms with van der Waals surface area (Å²) >= 11 is 0. The lowest BCUT2D eigenvalue weighted by Crippen LogP contribution is -2.28. The van der Waals surface area contributed by atoms with E-state index in [4.69, 9.17) is 0 Å². The monoisotopic (exact) mass is 314 g/mol. The Labute approximate surface area is 140 Å². The molecule has 1 N–H and O–H groups in total. The van der Waals surface area contributed by atoms with Crippen molar-refractivity contribution in [2.75, 3.05) is 32.7 Å². The van der Waals surface area contributed by atoms with Gasteiger partial charge in [-0.15, -0.1) is 0 Å². The number of carbonyl (C=O) groups excluding carboxylic acids is 1. The minimum absolute atomic E-state index is 0.336. The Kier molecular flexibility index (Phi) is 5.85. The van der Waals surface area contributed by atoms with Gasteiger partial charge in [0.1, 0.15) is 0 Å². The lowest BCUT2D eigenvalue weighted by molar-refractivity contribution is 0.0970. The van der Waals surface area contributed by atoms with Crippen LogP contribution in [0.4, 0.5) is 0 Å². The molecule has 126 valence electrons. The van der Waals surface area contributed by atoms with Crippen LogP contribution in [-0.4, -0.2) is 43.4 Å². The average Bonchev–Trinajstić information content (AvgIpc) is 2.82. The molecular weight excluding hydrogens is 284 g/mol. The van der Waals surface area contributed by atoms with Gasteiger partial charge >= 0.3 is 0 Å². The van der Waals surface area contributed by atoms with Crippen LogP contribution >= 0.6 is 0 Å². The number of nitrogens with one attached hydrogen (secondary N) is 1. The van der Waals surface area contributed by atoms with Gasteiger partial charge in [-0.3, -0.25) is 4.79 Å². The van der Waals surface area contributed by atoms with E-state index in [0.717, 1.165) is 63.5 Å². The maximum absolute atomic E-state index is 12.6. The third kappa shape index (κ3) is 4.42. The number of carbonyl (C=O) groups is 1. The standard InChI is InChI=1S/C20H30N2O/c1-2-22-13-9-17-4-5-19(15-18(17)10-14-22)20(23)6-3-16-7-11-21-12-8-16/h4-5,15-16,21H,2-3,6-14H2,1H3. The summed E-state index contributed by atoms with van der Waals surface area (Å²) in [6.45, 7) is 7.85. The zero-order valence-electron chi connectivity index (χ0n) is 14.4. The summed E-state index contributed by atoms with van der Waals surface area (Å²) in [4.78, 5) is 15.1. The first-order valence-electron chi connectivity index (χ1n) is 9.34. The van der Waals surface area contributed by atoms with E-state index in [-0.39, 0.29) is 0 Å². The van der Waals surface area contributed by atoms with Crippen molar-refractivity contribution < 1.29 is 4.79 Å². The molecule has 2 heterocycles. The van der Waals surface area contributed by atoms with Gasteiger partial charge in [-0.1, -0.05) is 19.1 Å². The Morgan fingerprint density at radius 3 is 2.65 bits per heavy atom. The molecule has 3 heteroatoms. The second kappa shape index (κ2) is 8.07. The first-order valence-corrected chi connectivity index (χ1v) is 9.34. The van der Waals surface area contributed by atoms with Gasteiger partial charge in [0.25, 0.3) is 0 Å². The Hall–Kier alpha value is -1.19. The largest absolute Gasteiger partial charge is 0.317 e. The highest BCUT2D eigenvalue weighted by Crippen LogP contribution is 2.22. The molecule has 0 amide bonds. The van der Waals surface area contributed by atoms with E-state index >= 15 is 0 Å². The van der Waals surface area contributed by atoms with Gasteiger partial charge in [0.05, 0.1) is 0 Å². The van der Waals surface area contributed by atoms with E-state index in [2.05, 4.69) is 35.3 Å². The molecule has 3 rings (SSSR count). The van der Waals surface area contributed by atoms with Gasteiger partial charge in [0, 0.05) is 25.1 Å². The summed E-state index contributed by atoms with van der Waals surface area (Å²) < 4.78 is 0. The molecule has 1 aromatic carbocycles. The second-order valence-corrected chi connectivity index (χ2v) is 7.07. The fourth-order valence-corrected chi connectivity index (χ4v) is 3.91. The normalized spacial score (nSPS) is 20.0. The number of nitrogens with zero attached hydrogens (tertiary/aromatic N) is 1. The van der Waals surface area contributed by atoms with Crippen molar-refractivity contribution in [1.29, 1.82) is 0 Å². The van der Waals surface area contributed by atoms with Crippen LogP contribution in [0.2, 0.25) is 0 Å². The minimum atomic E-state index is 0.336. The molecular formula is C20H30N2O. The maximum atomic E-state index is 12.6. The second-order valence-electron chi connectivity index (χ2n) is 7.07. The van der Waals surface area contributed by atoms with Gasteiger partial charge in [-0.25, -0.2) is 0 Å². The van der Waals surface area contributed by atoms with Gasteiger partial charge in [-0.05, 0) is 74.8 Å². The van der Waals surface area contributed by atoms with Crippen LogP contribution in [-0.2, 0) is 12.8 Å². The predicted molar refractivity (Wildman–Crippen MR) is 95.1 cm³/mol. The van der Waals surface area contributed by atoms with E-state index < -0.39 is 0 Å². The SMILES string of the molecule is CCN1CCc2ccc(C(=O)CCC3CCNCC3)cc2CC1. The highest BCUT2D eigenvalue weighted by molar-refractivity contribution is 5.96. The van der Waals surface area contributed by atoms with Crippen molar-refractivity contribution in [2.24, 2.45) is 5.92 Å². The molecule has 23 heavy (non-hydrogen) atoms. The lowest BCUT2D eigenvalue weighted by atomic mass is 9.90. The maximum Gasteiger partial charge on any atom is 0.162 e. The van der Waals surface area contributed by atoms with Crippen LogP contribution < -0.4 is 5.32 Å². The van der Waals surface area contributed by atoms with E-state index in [1.807, 2.05) is 0 Å². The van der Waals surface area contributed by atoms with Gasteiger partial charge in [0.15, 0.2) is 5.78 Å². The molecule has 1 saturated heterocycles. The van der Waals surface area contributed by atoms with Crippen LogP contribution in [0.5, 0.6) is 0 Å². The van der Waals surface area contributed by atoms with E-state index in [0.29, 0.717) is 12.2 Å². The molecule has 2 aliphatic heterocycles. The van der Waals surface area contributed by atoms with Gasteiger partial charge in [-0.2, -0.15) is 0 Å². The molecule has 0 saturated carbocycles. The number of ketones is 1. The van der Waals surface area contributed by atoms with Crippen LogP contribution in [0.3, 0.4) is 0 Å². The Morgan fingerprint density at radius 2 is 1.91 bits per heavy atom. The Morgan fingerprint density at radius 1 is 1.17 bits per heavy atom. The van der Waals surface area contributed by atoms with Crippen LogP contribution in [0.15, 0.2) is 18.2 Å². The molecule has 0 aromatic heterocycles. The number of fused-ring (bicyclic) bond motifs is 1. The van der Waals surface area contributed by atoms with E-state index in [9.17, 15) is 4.79 Å². The number of benzene rings is 1. The fourth-order valence-electron chi connectivity index (χ4n) is 3.91. The summed E-state index contributed by atoms with van der Waals surface area (Å²) in [5.74, 6) is 1.07.